The Morgan fingerprint density at radius 1 is 1.07 bits per heavy atom. The first-order chi connectivity index (χ1) is 13.2. The molecule has 6 heteroatoms. The second-order valence-electron chi connectivity index (χ2n) is 7.40. The second kappa shape index (κ2) is 6.60. The Labute approximate surface area is 163 Å². The van der Waals surface area contributed by atoms with Gasteiger partial charge in [0.25, 0.3) is 0 Å². The van der Waals surface area contributed by atoms with E-state index in [9.17, 15) is 0 Å². The van der Waals surface area contributed by atoms with Gasteiger partial charge in [0, 0.05) is 37.3 Å². The molecule has 3 aromatic rings. The molecule has 0 saturated carbocycles. The van der Waals surface area contributed by atoms with Crippen LogP contribution in [0.15, 0.2) is 42.6 Å². The van der Waals surface area contributed by atoms with Crippen LogP contribution in [0.1, 0.15) is 30.0 Å². The molecule has 5 rings (SSSR count). The van der Waals surface area contributed by atoms with E-state index in [1.54, 1.807) is 0 Å². The first-order valence-electron chi connectivity index (χ1n) is 9.43. The van der Waals surface area contributed by atoms with Gasteiger partial charge < -0.3 is 10.6 Å². The van der Waals surface area contributed by atoms with E-state index in [-0.39, 0.29) is 0 Å². The number of anilines is 2. The van der Waals surface area contributed by atoms with Crippen molar-refractivity contribution in [3.8, 4) is 16.8 Å². The van der Waals surface area contributed by atoms with Crippen LogP contribution >= 0.6 is 11.8 Å². The van der Waals surface area contributed by atoms with Gasteiger partial charge in [0.1, 0.15) is 11.6 Å². The molecule has 0 spiro atoms. The fourth-order valence-corrected chi connectivity index (χ4v) is 5.12. The number of pyridine rings is 1. The number of aromatic nitrogens is 3. The molecule has 1 fully saturated rings. The second-order valence-corrected chi connectivity index (χ2v) is 8.62. The molecule has 0 aliphatic carbocycles. The number of rotatable bonds is 2. The minimum atomic E-state index is 0.544. The molecule has 5 nitrogen and oxygen atoms in total. The molecule has 4 heterocycles. The maximum Gasteiger partial charge on any atom is 0.132 e. The van der Waals surface area contributed by atoms with Gasteiger partial charge in [0.05, 0.1) is 11.4 Å². The van der Waals surface area contributed by atoms with Gasteiger partial charge in [-0.05, 0) is 53.7 Å². The summed E-state index contributed by atoms with van der Waals surface area (Å²) in [6.45, 7) is 0.904. The molecular formula is C21H23N5S. The first-order valence-corrected chi connectivity index (χ1v) is 10.6. The standard InChI is InChI=1S/C21H23N5S/c1-25-13-17-3-2-15(16-4-5-20(22)23-12-16)10-19(17)26-21(25)11-18(24-26)14-6-8-27-9-7-14/h2-5,10-12,14H,6-9,13H2,1H3,(H2,22,23). The number of benzene rings is 1. The minimum absolute atomic E-state index is 0.544. The summed E-state index contributed by atoms with van der Waals surface area (Å²) < 4.78 is 2.13. The molecule has 2 aromatic heterocycles. The number of fused-ring (bicyclic) bond motifs is 3. The smallest absolute Gasteiger partial charge is 0.132 e. The molecule has 0 bridgehead atoms. The van der Waals surface area contributed by atoms with Gasteiger partial charge in [0.2, 0.25) is 0 Å². The minimum Gasteiger partial charge on any atom is -0.384 e. The molecule has 1 aromatic carbocycles. The molecule has 2 aliphatic rings. The molecule has 0 amide bonds. The monoisotopic (exact) mass is 377 g/mol. The van der Waals surface area contributed by atoms with E-state index in [0.29, 0.717) is 11.7 Å². The maximum atomic E-state index is 5.74. The summed E-state index contributed by atoms with van der Waals surface area (Å²) in [5.74, 6) is 4.80. The van der Waals surface area contributed by atoms with Crippen LogP contribution in [0.4, 0.5) is 11.6 Å². The SMILES string of the molecule is CN1Cc2ccc(-c3ccc(N)nc3)cc2-n2nc(C3CCSCC3)cc21. The van der Waals surface area contributed by atoms with Crippen molar-refractivity contribution in [2.75, 3.05) is 29.2 Å². The fraction of sp³-hybridized carbons (Fsp3) is 0.333. The molecule has 1 saturated heterocycles. The third-order valence-corrected chi connectivity index (χ3v) is 6.63. The molecule has 0 unspecified atom stereocenters. The van der Waals surface area contributed by atoms with Crippen LogP contribution in [-0.4, -0.2) is 33.3 Å². The van der Waals surface area contributed by atoms with Crippen molar-refractivity contribution in [2.24, 2.45) is 0 Å². The van der Waals surface area contributed by atoms with E-state index in [4.69, 9.17) is 10.8 Å². The van der Waals surface area contributed by atoms with E-state index in [1.807, 2.05) is 18.3 Å². The highest BCUT2D eigenvalue weighted by atomic mass is 32.2. The van der Waals surface area contributed by atoms with Crippen LogP contribution in [-0.2, 0) is 6.54 Å². The van der Waals surface area contributed by atoms with Gasteiger partial charge >= 0.3 is 0 Å². The van der Waals surface area contributed by atoms with Crippen molar-refractivity contribution < 1.29 is 0 Å². The lowest BCUT2D eigenvalue weighted by Crippen LogP contribution is -2.25. The Balaban J connectivity index is 1.57. The lowest BCUT2D eigenvalue weighted by atomic mass is 9.99. The van der Waals surface area contributed by atoms with E-state index in [2.05, 4.69) is 57.6 Å². The molecule has 0 radical (unpaired) electrons. The van der Waals surface area contributed by atoms with Gasteiger partial charge in [-0.1, -0.05) is 12.1 Å². The average Bonchev–Trinajstić information content (AvgIpc) is 3.16. The van der Waals surface area contributed by atoms with Crippen LogP contribution in [0.25, 0.3) is 16.8 Å². The summed E-state index contributed by atoms with van der Waals surface area (Å²) in [4.78, 5) is 6.53. The summed E-state index contributed by atoms with van der Waals surface area (Å²) in [7, 11) is 2.15. The van der Waals surface area contributed by atoms with E-state index in [1.165, 1.54) is 47.1 Å². The third kappa shape index (κ3) is 2.98. The molecule has 0 atom stereocenters. The molecular weight excluding hydrogens is 354 g/mol. The highest BCUT2D eigenvalue weighted by Gasteiger charge is 2.26. The zero-order chi connectivity index (χ0) is 18.4. The van der Waals surface area contributed by atoms with Crippen molar-refractivity contribution in [3.05, 3.63) is 53.9 Å². The average molecular weight is 378 g/mol. The number of nitrogens with two attached hydrogens (primary N) is 1. The topological polar surface area (TPSA) is 60.0 Å². The van der Waals surface area contributed by atoms with Crippen LogP contribution in [0.5, 0.6) is 0 Å². The Morgan fingerprint density at radius 3 is 2.67 bits per heavy atom. The van der Waals surface area contributed by atoms with Gasteiger partial charge in [0.15, 0.2) is 0 Å². The predicted octanol–water partition coefficient (Wildman–Crippen LogP) is 4.08. The zero-order valence-electron chi connectivity index (χ0n) is 15.4. The first kappa shape index (κ1) is 16.7. The zero-order valence-corrected chi connectivity index (χ0v) is 16.2. The van der Waals surface area contributed by atoms with Crippen LogP contribution in [0.2, 0.25) is 0 Å². The summed E-state index contributed by atoms with van der Waals surface area (Å²) in [6, 6.07) is 12.8. The largest absolute Gasteiger partial charge is 0.384 e. The maximum absolute atomic E-state index is 5.74. The lowest BCUT2D eigenvalue weighted by molar-refractivity contribution is 0.608. The lowest BCUT2D eigenvalue weighted by Gasteiger charge is -2.28. The number of hydrogen-bond donors (Lipinski definition) is 1. The third-order valence-electron chi connectivity index (χ3n) is 5.58. The van der Waals surface area contributed by atoms with E-state index >= 15 is 0 Å². The van der Waals surface area contributed by atoms with Gasteiger partial charge in [-0.2, -0.15) is 16.9 Å². The van der Waals surface area contributed by atoms with Crippen molar-refractivity contribution in [3.63, 3.8) is 0 Å². The van der Waals surface area contributed by atoms with Crippen molar-refractivity contribution in [1.29, 1.82) is 0 Å². The van der Waals surface area contributed by atoms with Crippen molar-refractivity contribution in [2.45, 2.75) is 25.3 Å². The number of hydrogen-bond acceptors (Lipinski definition) is 5. The Morgan fingerprint density at radius 2 is 1.89 bits per heavy atom. The molecule has 2 aliphatic heterocycles. The van der Waals surface area contributed by atoms with E-state index < -0.39 is 0 Å². The molecule has 2 N–H and O–H groups in total. The van der Waals surface area contributed by atoms with Crippen LogP contribution < -0.4 is 10.6 Å². The quantitative estimate of drug-likeness (QED) is 0.729. The van der Waals surface area contributed by atoms with Gasteiger partial charge in [-0.15, -0.1) is 0 Å². The van der Waals surface area contributed by atoms with Crippen molar-refractivity contribution >= 4 is 23.4 Å². The highest BCUT2D eigenvalue weighted by Crippen LogP contribution is 2.37. The summed E-state index contributed by atoms with van der Waals surface area (Å²) >= 11 is 2.06. The summed E-state index contributed by atoms with van der Waals surface area (Å²) in [5, 5.41) is 5.05. The highest BCUT2D eigenvalue weighted by molar-refractivity contribution is 7.99. The fourth-order valence-electron chi connectivity index (χ4n) is 4.02. The Kier molecular flexibility index (Phi) is 4.08. The molecule has 138 valence electrons. The van der Waals surface area contributed by atoms with Gasteiger partial charge in [-0.3, -0.25) is 0 Å². The van der Waals surface area contributed by atoms with Crippen molar-refractivity contribution in [1.82, 2.24) is 14.8 Å². The predicted molar refractivity (Wildman–Crippen MR) is 113 cm³/mol. The normalized spacial score (nSPS) is 16.9. The van der Waals surface area contributed by atoms with Crippen LogP contribution in [0, 0.1) is 0 Å². The Bertz CT molecular complexity index is 973. The van der Waals surface area contributed by atoms with Gasteiger partial charge in [-0.25, -0.2) is 9.67 Å². The summed E-state index contributed by atoms with van der Waals surface area (Å²) in [5.41, 5.74) is 11.7. The number of thioether (sulfide) groups is 1. The van der Waals surface area contributed by atoms with E-state index in [0.717, 1.165) is 17.7 Å². The summed E-state index contributed by atoms with van der Waals surface area (Å²) in [6.07, 6.45) is 4.30. The molecule has 27 heavy (non-hydrogen) atoms. The number of nitrogen functional groups attached to an aromatic ring is 1. The van der Waals surface area contributed by atoms with Crippen LogP contribution in [0.3, 0.4) is 0 Å². The Hall–Kier alpha value is -2.47. The number of nitrogens with zero attached hydrogens (tertiary/aromatic N) is 4.